The van der Waals surface area contributed by atoms with Gasteiger partial charge in [-0.05, 0) is 25.5 Å². The number of aliphatic hydroxyl groups excluding tert-OH is 1. The molecule has 108 valence electrons. The van der Waals surface area contributed by atoms with Gasteiger partial charge in [0.1, 0.15) is 5.69 Å². The summed E-state index contributed by atoms with van der Waals surface area (Å²) in [5, 5.41) is 23.1. The van der Waals surface area contributed by atoms with Crippen LogP contribution in [0.25, 0.3) is 0 Å². The van der Waals surface area contributed by atoms with Gasteiger partial charge in [-0.3, -0.25) is 14.9 Å². The smallest absolute Gasteiger partial charge is 0.292 e. The maximum atomic E-state index is 11.4. The van der Waals surface area contributed by atoms with Gasteiger partial charge in [-0.1, -0.05) is 0 Å². The van der Waals surface area contributed by atoms with E-state index in [1.807, 2.05) is 13.8 Å². The number of carbonyl (C=O) groups excluding carboxylic acids is 1. The fourth-order valence-corrected chi connectivity index (χ4v) is 2.39. The second kappa shape index (κ2) is 5.46. The van der Waals surface area contributed by atoms with Crippen molar-refractivity contribution in [1.82, 2.24) is 0 Å². The number of benzene rings is 1. The average molecular weight is 279 g/mol. The minimum absolute atomic E-state index is 0.00370. The van der Waals surface area contributed by atoms with Gasteiger partial charge in [0, 0.05) is 24.3 Å². The lowest BCUT2D eigenvalue weighted by Gasteiger charge is -2.28. The third-order valence-electron chi connectivity index (χ3n) is 3.30. The lowest BCUT2D eigenvalue weighted by molar-refractivity contribution is -0.384. The van der Waals surface area contributed by atoms with Crippen molar-refractivity contribution in [1.29, 1.82) is 0 Å². The van der Waals surface area contributed by atoms with Crippen LogP contribution < -0.4 is 10.2 Å². The van der Waals surface area contributed by atoms with Gasteiger partial charge in [-0.15, -0.1) is 0 Å². The number of nitrogens with zero attached hydrogens (tertiary/aromatic N) is 2. The van der Waals surface area contributed by atoms with Crippen molar-refractivity contribution in [3.63, 3.8) is 0 Å². The van der Waals surface area contributed by atoms with E-state index in [9.17, 15) is 14.9 Å². The third-order valence-corrected chi connectivity index (χ3v) is 3.30. The highest BCUT2D eigenvalue weighted by atomic mass is 16.6. The summed E-state index contributed by atoms with van der Waals surface area (Å²) in [7, 11) is 0. The second-order valence-electron chi connectivity index (χ2n) is 4.99. The molecule has 2 rings (SSSR count). The third kappa shape index (κ3) is 2.57. The first-order chi connectivity index (χ1) is 9.43. The average Bonchev–Trinajstić information content (AvgIpc) is 2.73. The summed E-state index contributed by atoms with van der Waals surface area (Å²) in [4.78, 5) is 23.9. The minimum atomic E-state index is -0.453. The number of hydrogen-bond acceptors (Lipinski definition) is 5. The molecule has 0 atom stereocenters. The van der Waals surface area contributed by atoms with E-state index in [-0.39, 0.29) is 30.7 Å². The zero-order valence-electron chi connectivity index (χ0n) is 11.4. The van der Waals surface area contributed by atoms with Crippen LogP contribution in [-0.4, -0.2) is 35.1 Å². The summed E-state index contributed by atoms with van der Waals surface area (Å²) < 4.78 is 0. The Labute approximate surface area is 116 Å². The van der Waals surface area contributed by atoms with Crippen molar-refractivity contribution in [2.24, 2.45) is 0 Å². The van der Waals surface area contributed by atoms with Crippen molar-refractivity contribution in [3.8, 4) is 0 Å². The number of anilines is 2. The molecule has 0 aromatic heterocycles. The van der Waals surface area contributed by atoms with Crippen molar-refractivity contribution in [2.75, 3.05) is 23.4 Å². The number of carbonyl (C=O) groups is 1. The first kappa shape index (κ1) is 14.3. The van der Waals surface area contributed by atoms with Crippen LogP contribution in [0.1, 0.15) is 19.4 Å². The van der Waals surface area contributed by atoms with E-state index in [0.29, 0.717) is 23.5 Å². The molecule has 0 radical (unpaired) electrons. The van der Waals surface area contributed by atoms with Crippen LogP contribution in [0, 0.1) is 10.1 Å². The number of amides is 1. The fraction of sp³-hybridized carbons (Fsp3) is 0.462. The summed E-state index contributed by atoms with van der Waals surface area (Å²) in [6.45, 7) is 3.99. The number of nitro groups is 1. The molecule has 1 amide bonds. The van der Waals surface area contributed by atoms with E-state index in [1.165, 1.54) is 6.07 Å². The number of hydrogen-bond donors (Lipinski definition) is 2. The van der Waals surface area contributed by atoms with E-state index in [1.54, 1.807) is 11.0 Å². The Kier molecular flexibility index (Phi) is 3.89. The van der Waals surface area contributed by atoms with E-state index >= 15 is 0 Å². The van der Waals surface area contributed by atoms with Gasteiger partial charge in [0.05, 0.1) is 18.0 Å². The maximum Gasteiger partial charge on any atom is 0.292 e. The Bertz CT molecular complexity index is 557. The normalized spacial score (nSPS) is 13.3. The Morgan fingerprint density at radius 3 is 2.75 bits per heavy atom. The highest BCUT2D eigenvalue weighted by Crippen LogP contribution is 2.37. The van der Waals surface area contributed by atoms with Crippen LogP contribution in [0.5, 0.6) is 0 Å². The topological polar surface area (TPSA) is 95.7 Å². The van der Waals surface area contributed by atoms with Gasteiger partial charge in [0.25, 0.3) is 5.69 Å². The molecule has 0 spiro atoms. The molecule has 0 bridgehead atoms. The Hall–Kier alpha value is -2.15. The molecular formula is C13H17N3O4. The Balaban J connectivity index is 2.53. The molecule has 0 saturated carbocycles. The number of rotatable bonds is 5. The van der Waals surface area contributed by atoms with Crippen LogP contribution in [0.4, 0.5) is 17.1 Å². The van der Waals surface area contributed by atoms with Crippen molar-refractivity contribution in [2.45, 2.75) is 26.3 Å². The van der Waals surface area contributed by atoms with Crippen LogP contribution in [-0.2, 0) is 11.2 Å². The second-order valence-corrected chi connectivity index (χ2v) is 4.99. The molecule has 1 aromatic rings. The molecule has 1 aromatic carbocycles. The summed E-state index contributed by atoms with van der Waals surface area (Å²) in [6, 6.07) is 3.06. The van der Waals surface area contributed by atoms with E-state index in [2.05, 4.69) is 5.32 Å². The van der Waals surface area contributed by atoms with Crippen LogP contribution >= 0.6 is 0 Å². The fourth-order valence-electron chi connectivity index (χ4n) is 2.39. The number of fused-ring (bicyclic) bond motifs is 1. The monoisotopic (exact) mass is 279 g/mol. The molecule has 0 aliphatic carbocycles. The molecule has 1 aliphatic heterocycles. The molecule has 0 fully saturated rings. The Morgan fingerprint density at radius 2 is 2.20 bits per heavy atom. The van der Waals surface area contributed by atoms with Gasteiger partial charge in [-0.2, -0.15) is 0 Å². The quantitative estimate of drug-likeness (QED) is 0.625. The summed E-state index contributed by atoms with van der Waals surface area (Å²) >= 11 is 0. The van der Waals surface area contributed by atoms with Crippen molar-refractivity contribution >= 4 is 23.0 Å². The summed E-state index contributed by atoms with van der Waals surface area (Å²) in [6.07, 6.45) is 0.165. The number of nitrogens with one attached hydrogen (secondary N) is 1. The highest BCUT2D eigenvalue weighted by molar-refractivity contribution is 6.00. The van der Waals surface area contributed by atoms with E-state index < -0.39 is 4.92 Å². The van der Waals surface area contributed by atoms with E-state index in [4.69, 9.17) is 5.11 Å². The predicted octanol–water partition coefficient (Wildman–Crippen LogP) is 1.30. The molecule has 7 nitrogen and oxygen atoms in total. The van der Waals surface area contributed by atoms with Gasteiger partial charge >= 0.3 is 0 Å². The predicted molar refractivity (Wildman–Crippen MR) is 75.0 cm³/mol. The lowest BCUT2D eigenvalue weighted by Crippen LogP contribution is -2.34. The first-order valence-corrected chi connectivity index (χ1v) is 6.42. The van der Waals surface area contributed by atoms with Gasteiger partial charge < -0.3 is 15.3 Å². The van der Waals surface area contributed by atoms with Gasteiger partial charge in [0.2, 0.25) is 5.91 Å². The maximum absolute atomic E-state index is 11.4. The van der Waals surface area contributed by atoms with Crippen LogP contribution in [0.2, 0.25) is 0 Å². The molecule has 2 N–H and O–H groups in total. The zero-order valence-corrected chi connectivity index (χ0v) is 11.4. The molecule has 1 aliphatic rings. The van der Waals surface area contributed by atoms with Crippen molar-refractivity contribution < 1.29 is 14.8 Å². The molecular weight excluding hydrogens is 262 g/mol. The molecule has 0 unspecified atom stereocenters. The summed E-state index contributed by atoms with van der Waals surface area (Å²) in [5.74, 6) is -0.162. The van der Waals surface area contributed by atoms with Gasteiger partial charge in [0.15, 0.2) is 0 Å². The van der Waals surface area contributed by atoms with Gasteiger partial charge in [-0.25, -0.2) is 0 Å². The molecule has 1 heterocycles. The zero-order chi connectivity index (χ0) is 14.9. The minimum Gasteiger partial charge on any atom is -0.395 e. The number of aliphatic hydroxyl groups is 1. The summed E-state index contributed by atoms with van der Waals surface area (Å²) in [5.41, 5.74) is 1.62. The molecule has 7 heteroatoms. The van der Waals surface area contributed by atoms with Crippen molar-refractivity contribution in [3.05, 3.63) is 27.8 Å². The Morgan fingerprint density at radius 1 is 1.50 bits per heavy atom. The number of nitro benzene ring substituents is 1. The largest absolute Gasteiger partial charge is 0.395 e. The molecule has 0 saturated heterocycles. The SMILES string of the molecule is CC(C)N(CCO)c1cc2c(cc1[N+](=O)[O-])CC(=O)N2. The van der Waals surface area contributed by atoms with E-state index in [0.717, 1.165) is 0 Å². The van der Waals surface area contributed by atoms with Crippen LogP contribution in [0.15, 0.2) is 12.1 Å². The molecule has 20 heavy (non-hydrogen) atoms. The first-order valence-electron chi connectivity index (χ1n) is 6.42. The lowest BCUT2D eigenvalue weighted by atomic mass is 10.1. The standard InChI is InChI=1S/C13H17N3O4/c1-8(2)15(3-4-17)11-7-10-9(6-13(18)14-10)5-12(11)16(19)20/h5,7-8,17H,3-4,6H2,1-2H3,(H,14,18). The highest BCUT2D eigenvalue weighted by Gasteiger charge is 2.27. The van der Waals surface area contributed by atoms with Crippen LogP contribution in [0.3, 0.4) is 0 Å².